The third kappa shape index (κ3) is 10.8. The maximum Gasteiger partial charge on any atom is 0.327 e. The third-order valence-electron chi connectivity index (χ3n) is 14.2. The van der Waals surface area contributed by atoms with Crippen LogP contribution in [0.25, 0.3) is 16.5 Å². The predicted octanol–water partition coefficient (Wildman–Crippen LogP) is 6.18. The average Bonchev–Trinajstić information content (AvgIpc) is 3.82. The molecule has 0 aliphatic carbocycles. The van der Waals surface area contributed by atoms with Crippen molar-refractivity contribution in [3.8, 4) is 17.2 Å². The minimum atomic E-state index is -1.95. The number of carbonyl (C=O) groups is 3. The number of aliphatic hydroxyl groups is 1. The van der Waals surface area contributed by atoms with Crippen LogP contribution in [0.2, 0.25) is 0 Å². The van der Waals surface area contributed by atoms with E-state index in [0.717, 1.165) is 11.6 Å². The largest absolute Gasteiger partial charge is 0.507 e. The molecule has 0 saturated carbocycles. The van der Waals surface area contributed by atoms with E-state index in [9.17, 15) is 39.8 Å². The maximum atomic E-state index is 14.8. The number of aliphatic hydroxyl groups excluding tert-OH is 1. The summed E-state index contributed by atoms with van der Waals surface area (Å²) in [4.78, 5) is 65.7. The molecule has 0 radical (unpaired) electrons. The molecule has 8 rings (SSSR count). The standard InChI is InChI=1S/C53H68N8O11/c1-28(2)25-59-21-19-53(20-22-59)57-42-39-40-46(64)34(8)49-41(39)50(66)52(9,72-49)70-23-11-14-30(4)48(71-38(62)27-60(55)26-37(54)35-15-17-36(18-16-35)61(68)69)33(7)45(63)32(6)24-29(3)12-10-13-31(5)51(67)56-44(47(40)65)43(42)58-53/h10-13,15-18,23,26,28-30,32-33,45,48,63-65H,14,19-22,24-25,27,54-55H2,1-9H3,(H,56,67)/b12-10+,23-11+,31-13-,37-26-/t29?,30-,32-,33-,45?,48?,52?/m1/s1. The first kappa shape index (κ1) is 53.0. The van der Waals surface area contributed by atoms with E-state index in [0.29, 0.717) is 49.4 Å². The normalized spacial score (nSPS) is 27.5. The Hall–Kier alpha value is -6.83. The number of likely N-dealkylation sites (tertiary alicyclic amines) is 1. The van der Waals surface area contributed by atoms with Gasteiger partial charge in [-0.15, -0.1) is 0 Å². The number of rotatable bonds is 8. The number of ketones is 1. The Morgan fingerprint density at radius 1 is 1.06 bits per heavy atom. The molecule has 72 heavy (non-hydrogen) atoms. The Labute approximate surface area is 418 Å². The van der Waals surface area contributed by atoms with E-state index in [1.54, 1.807) is 39.0 Å². The number of nitrogens with one attached hydrogen (secondary N) is 1. The summed E-state index contributed by atoms with van der Waals surface area (Å²) in [5.41, 5.74) is 6.19. The van der Waals surface area contributed by atoms with Crippen molar-refractivity contribution < 1.29 is 48.8 Å². The summed E-state index contributed by atoms with van der Waals surface area (Å²) < 4.78 is 18.6. The number of nitrogens with two attached hydrogens (primary N) is 2. The monoisotopic (exact) mass is 993 g/mol. The van der Waals surface area contributed by atoms with E-state index in [4.69, 9.17) is 35.8 Å². The number of fused-ring (bicyclic) bond motifs is 13. The first-order valence-corrected chi connectivity index (χ1v) is 24.5. The number of carbonyl (C=O) groups excluding carboxylic acids is 3. The van der Waals surface area contributed by atoms with Gasteiger partial charge in [0.1, 0.15) is 35.2 Å². The number of nitro benzene ring substituents is 1. The summed E-state index contributed by atoms with van der Waals surface area (Å²) in [5.74, 6) is 0.665. The van der Waals surface area contributed by atoms with Crippen molar-refractivity contribution >= 4 is 45.5 Å². The number of hydrazine groups is 1. The highest BCUT2D eigenvalue weighted by molar-refractivity contribution is 6.19. The first-order chi connectivity index (χ1) is 33.9. The van der Waals surface area contributed by atoms with Gasteiger partial charge in [0.05, 0.1) is 39.3 Å². The molecule has 8 N–H and O–H groups in total. The number of hydrogen-bond acceptors (Lipinski definition) is 17. The molecule has 5 heterocycles. The zero-order valence-electron chi connectivity index (χ0n) is 42.5. The van der Waals surface area contributed by atoms with Crippen LogP contribution in [0.5, 0.6) is 17.2 Å². The van der Waals surface area contributed by atoms with Gasteiger partial charge in [-0.05, 0) is 74.1 Å². The molecule has 5 bridgehead atoms. The van der Waals surface area contributed by atoms with Gasteiger partial charge >= 0.3 is 11.8 Å². The van der Waals surface area contributed by atoms with E-state index in [1.807, 2.05) is 26.8 Å². The second-order valence-corrected chi connectivity index (χ2v) is 20.6. The van der Waals surface area contributed by atoms with Gasteiger partial charge in [0, 0.05) is 80.2 Å². The Morgan fingerprint density at radius 2 is 1.72 bits per heavy atom. The summed E-state index contributed by atoms with van der Waals surface area (Å²) in [7, 11) is 0. The van der Waals surface area contributed by atoms with Gasteiger partial charge in [0.15, 0.2) is 11.4 Å². The topological polar surface area (TPSA) is 278 Å². The summed E-state index contributed by atoms with van der Waals surface area (Å²) in [6.07, 6.45) is 9.69. The lowest BCUT2D eigenvalue weighted by Crippen LogP contribution is -2.43. The number of non-ortho nitro benzene ring substituents is 1. The summed E-state index contributed by atoms with van der Waals surface area (Å²) in [5, 5.41) is 51.4. The Kier molecular flexibility index (Phi) is 15.5. The fraction of sp³-hybridized carbons (Fsp3) is 0.491. The van der Waals surface area contributed by atoms with Crippen LogP contribution in [0.1, 0.15) is 103 Å². The quantitative estimate of drug-likeness (QED) is 0.0484. The van der Waals surface area contributed by atoms with Crippen LogP contribution in [0.3, 0.4) is 0 Å². The maximum absolute atomic E-state index is 14.8. The Balaban J connectivity index is 1.24. The lowest BCUT2D eigenvalue weighted by molar-refractivity contribution is -0.384. The molecule has 0 aromatic heterocycles. The first-order valence-electron chi connectivity index (χ1n) is 24.5. The molecule has 4 unspecified atom stereocenters. The van der Waals surface area contributed by atoms with Gasteiger partial charge < -0.3 is 50.5 Å². The molecule has 3 aromatic carbocycles. The molecule has 19 heteroatoms. The number of aromatic hydroxyl groups is 2. The smallest absolute Gasteiger partial charge is 0.327 e. The number of piperidine rings is 1. The average molecular weight is 993 g/mol. The molecule has 7 atom stereocenters. The molecule has 1 amide bonds. The number of anilines is 1. The molecule has 1 fully saturated rings. The highest BCUT2D eigenvalue weighted by Crippen LogP contribution is 2.50. The van der Waals surface area contributed by atoms with Crippen molar-refractivity contribution in [2.75, 3.05) is 31.5 Å². The predicted molar refractivity (Wildman–Crippen MR) is 271 cm³/mol. The Bertz CT molecular complexity index is 2890. The van der Waals surface area contributed by atoms with Gasteiger partial charge in [-0.25, -0.2) is 5.84 Å². The number of ether oxygens (including phenoxy) is 3. The van der Waals surface area contributed by atoms with Gasteiger partial charge in [-0.3, -0.25) is 34.5 Å². The van der Waals surface area contributed by atoms with Crippen molar-refractivity contribution in [2.24, 2.45) is 51.2 Å². The number of Topliss-reactive ketones (excluding diaryl/α,β-unsaturated/α-hetero) is 1. The number of benzene rings is 3. The van der Waals surface area contributed by atoms with Gasteiger partial charge in [0.25, 0.3) is 17.4 Å². The number of amides is 1. The van der Waals surface area contributed by atoms with Gasteiger partial charge in [0.2, 0.25) is 0 Å². The minimum Gasteiger partial charge on any atom is -0.507 e. The van der Waals surface area contributed by atoms with Crippen molar-refractivity contribution in [3.05, 3.63) is 104 Å². The van der Waals surface area contributed by atoms with Gasteiger partial charge in [-0.2, -0.15) is 0 Å². The molecular weight excluding hydrogens is 925 g/mol. The molecule has 5 aliphatic heterocycles. The molecule has 19 nitrogen and oxygen atoms in total. The van der Waals surface area contributed by atoms with E-state index in [1.165, 1.54) is 43.7 Å². The number of nitrogens with zero attached hydrogens (tertiary/aromatic N) is 5. The van der Waals surface area contributed by atoms with E-state index in [-0.39, 0.29) is 79.4 Å². The van der Waals surface area contributed by atoms with E-state index in [2.05, 4.69) is 24.1 Å². The number of phenolic OH excluding ortho intramolecular Hbond substituents is 2. The van der Waals surface area contributed by atoms with Crippen LogP contribution in [0.4, 0.5) is 11.4 Å². The van der Waals surface area contributed by atoms with Crippen LogP contribution in [-0.2, 0) is 19.1 Å². The number of hydrogen-bond donors (Lipinski definition) is 6. The fourth-order valence-electron chi connectivity index (χ4n) is 10.2. The Morgan fingerprint density at radius 3 is 2.38 bits per heavy atom. The van der Waals surface area contributed by atoms with Crippen LogP contribution in [0, 0.1) is 46.6 Å². The van der Waals surface area contributed by atoms with Gasteiger partial charge in [-0.1, -0.05) is 59.8 Å². The van der Waals surface area contributed by atoms with Crippen molar-refractivity contribution in [1.82, 2.24) is 9.91 Å². The number of allylic oxidation sites excluding steroid dienone is 4. The number of phenols is 2. The molecule has 3 aromatic rings. The summed E-state index contributed by atoms with van der Waals surface area (Å²) in [6.45, 7) is 18.4. The third-order valence-corrected chi connectivity index (χ3v) is 14.2. The molecule has 1 saturated heterocycles. The molecule has 5 aliphatic rings. The van der Waals surface area contributed by atoms with Crippen LogP contribution >= 0.6 is 0 Å². The summed E-state index contributed by atoms with van der Waals surface area (Å²) in [6, 6.07) is 5.54. The van der Waals surface area contributed by atoms with Crippen molar-refractivity contribution in [2.45, 2.75) is 112 Å². The van der Waals surface area contributed by atoms with Crippen LogP contribution in [-0.4, -0.2) is 97.6 Å². The van der Waals surface area contributed by atoms with Crippen LogP contribution < -0.4 is 32.3 Å². The van der Waals surface area contributed by atoms with Crippen LogP contribution in [0.15, 0.2) is 76.6 Å². The van der Waals surface area contributed by atoms with Crippen molar-refractivity contribution in [1.29, 1.82) is 0 Å². The highest BCUT2D eigenvalue weighted by atomic mass is 16.7. The lowest BCUT2D eigenvalue weighted by Gasteiger charge is -2.36. The number of nitro groups is 1. The molecule has 1 spiro atoms. The zero-order chi connectivity index (χ0) is 52.6. The number of esters is 1. The lowest BCUT2D eigenvalue weighted by atomic mass is 9.80. The molecule has 386 valence electrons. The molecular formula is C53H68N8O11. The zero-order valence-corrected chi connectivity index (χ0v) is 42.5. The van der Waals surface area contributed by atoms with E-state index >= 15 is 0 Å². The second kappa shape index (κ2) is 21.1. The minimum absolute atomic E-state index is 0.0353. The second-order valence-electron chi connectivity index (χ2n) is 20.6. The van der Waals surface area contributed by atoms with E-state index < -0.39 is 70.4 Å². The summed E-state index contributed by atoms with van der Waals surface area (Å²) >= 11 is 0. The SMILES string of the molecule is C/C1=C/C=C/C(C)C[C@@H](C)C(O)[C@@H](C)C(OC(=O)CN(N)/C=C(\N)c2ccc([N+](=O)[O-])cc2)[C@H](C)C/C=C/OC2(C)Oc3c(C)c(O)c4c(O)c(c5c(c4c3C2=O)=NC2(CCN(CC(C)C)CC2)N=5)NC1=O. The fourth-order valence-corrected chi connectivity index (χ4v) is 10.2. The van der Waals surface area contributed by atoms with Crippen molar-refractivity contribution in [3.63, 3.8) is 0 Å². The highest BCUT2D eigenvalue weighted by Gasteiger charge is 2.50.